The number of thioether (sulfide) groups is 1. The molecule has 2 fully saturated rings. The number of nitrogens with zero attached hydrogens (tertiary/aromatic N) is 1. The maximum atomic E-state index is 12.7. The minimum Gasteiger partial charge on any atom is -0.507 e. The number of aromatic hydroxyl groups is 1. The van der Waals surface area contributed by atoms with Crippen LogP contribution in [0.15, 0.2) is 17.0 Å². The molecule has 1 heterocycles. The molecule has 0 spiro atoms. The van der Waals surface area contributed by atoms with Crippen LogP contribution in [-0.4, -0.2) is 26.3 Å². The zero-order chi connectivity index (χ0) is 19.4. The summed E-state index contributed by atoms with van der Waals surface area (Å²) in [5.74, 6) is 0.373. The second kappa shape index (κ2) is 6.38. The highest BCUT2D eigenvalue weighted by atomic mass is 32.2. The lowest BCUT2D eigenvalue weighted by Crippen LogP contribution is -2.30. The van der Waals surface area contributed by atoms with Gasteiger partial charge >= 0.3 is 0 Å². The molecule has 0 radical (unpaired) electrons. The Balaban J connectivity index is 2.08. The number of carbonyl (C=O) groups excluding carboxylic acids is 1. The van der Waals surface area contributed by atoms with E-state index in [1.807, 2.05) is 18.2 Å². The summed E-state index contributed by atoms with van der Waals surface area (Å²) < 4.78 is 0.662. The van der Waals surface area contributed by atoms with Crippen LogP contribution in [0.4, 0.5) is 0 Å². The molecule has 140 valence electrons. The Kier molecular flexibility index (Phi) is 4.77. The maximum absolute atomic E-state index is 12.7. The van der Waals surface area contributed by atoms with E-state index in [9.17, 15) is 9.90 Å². The van der Waals surface area contributed by atoms with E-state index in [-0.39, 0.29) is 16.7 Å². The van der Waals surface area contributed by atoms with Crippen molar-refractivity contribution >= 4 is 40.3 Å². The lowest BCUT2D eigenvalue weighted by molar-refractivity contribution is -0.122. The molecule has 0 unspecified atom stereocenters. The number of benzene rings is 1. The minimum atomic E-state index is -0.194. The van der Waals surface area contributed by atoms with Crippen LogP contribution < -0.4 is 0 Å². The molecule has 1 saturated carbocycles. The van der Waals surface area contributed by atoms with Gasteiger partial charge in [0.15, 0.2) is 0 Å². The highest BCUT2D eigenvalue weighted by Gasteiger charge is 2.42. The van der Waals surface area contributed by atoms with Crippen molar-refractivity contribution in [2.24, 2.45) is 0 Å². The van der Waals surface area contributed by atoms with Gasteiger partial charge in [-0.3, -0.25) is 9.69 Å². The number of phenols is 1. The second-order valence-electron chi connectivity index (χ2n) is 9.25. The van der Waals surface area contributed by atoms with Crippen molar-refractivity contribution in [3.05, 3.63) is 33.7 Å². The van der Waals surface area contributed by atoms with Gasteiger partial charge in [0.25, 0.3) is 5.91 Å². The van der Waals surface area contributed by atoms with Crippen LogP contribution in [0.5, 0.6) is 5.75 Å². The number of phenolic OH excluding ortho intramolecular Hbond substituents is 1. The van der Waals surface area contributed by atoms with Crippen LogP contribution >= 0.6 is 24.0 Å². The fourth-order valence-electron chi connectivity index (χ4n) is 3.16. The zero-order valence-electron chi connectivity index (χ0n) is 16.3. The number of hydrogen-bond acceptors (Lipinski definition) is 4. The first-order valence-electron chi connectivity index (χ1n) is 9.04. The molecule has 3 rings (SSSR count). The van der Waals surface area contributed by atoms with Crippen LogP contribution in [0, 0.1) is 0 Å². The Labute approximate surface area is 165 Å². The van der Waals surface area contributed by atoms with E-state index >= 15 is 0 Å². The van der Waals surface area contributed by atoms with E-state index < -0.39 is 0 Å². The van der Waals surface area contributed by atoms with E-state index in [4.69, 9.17) is 12.2 Å². The van der Waals surface area contributed by atoms with Crippen LogP contribution in [0.2, 0.25) is 0 Å². The predicted octanol–water partition coefficient (Wildman–Crippen LogP) is 5.35. The lowest BCUT2D eigenvalue weighted by atomic mass is 9.78. The van der Waals surface area contributed by atoms with Crippen molar-refractivity contribution in [1.29, 1.82) is 0 Å². The average Bonchev–Trinajstić information content (AvgIpc) is 3.26. The lowest BCUT2D eigenvalue weighted by Gasteiger charge is -2.28. The topological polar surface area (TPSA) is 40.5 Å². The van der Waals surface area contributed by atoms with E-state index in [1.165, 1.54) is 11.8 Å². The summed E-state index contributed by atoms with van der Waals surface area (Å²) in [6.07, 6.45) is 4.01. The van der Waals surface area contributed by atoms with Crippen LogP contribution in [0.25, 0.3) is 6.08 Å². The van der Waals surface area contributed by atoms with Gasteiger partial charge in [0.2, 0.25) is 0 Å². The van der Waals surface area contributed by atoms with Crippen molar-refractivity contribution in [3.8, 4) is 5.75 Å². The molecule has 0 bridgehead atoms. The Morgan fingerprint density at radius 1 is 1.12 bits per heavy atom. The molecule has 0 aromatic heterocycles. The van der Waals surface area contributed by atoms with Crippen LogP contribution in [-0.2, 0) is 15.6 Å². The van der Waals surface area contributed by atoms with Crippen molar-refractivity contribution in [2.45, 2.75) is 71.3 Å². The first-order valence-corrected chi connectivity index (χ1v) is 10.3. The number of hydrogen-bond donors (Lipinski definition) is 1. The summed E-state index contributed by atoms with van der Waals surface area (Å²) in [6, 6.07) is 4.28. The Hall–Kier alpha value is -1.33. The smallest absolute Gasteiger partial charge is 0.266 e. The molecule has 1 N–H and O–H groups in total. The normalized spacial score (nSPS) is 20.4. The molecule has 26 heavy (non-hydrogen) atoms. The molecule has 2 aliphatic rings. The van der Waals surface area contributed by atoms with Gasteiger partial charge in [0.1, 0.15) is 10.1 Å². The third kappa shape index (κ3) is 3.70. The molecule has 1 aliphatic carbocycles. The summed E-state index contributed by atoms with van der Waals surface area (Å²) in [6.45, 7) is 12.5. The van der Waals surface area contributed by atoms with Crippen molar-refractivity contribution in [2.75, 3.05) is 0 Å². The summed E-state index contributed by atoms with van der Waals surface area (Å²) >= 11 is 6.79. The van der Waals surface area contributed by atoms with Gasteiger partial charge in [-0.1, -0.05) is 65.5 Å². The summed E-state index contributed by atoms with van der Waals surface area (Å²) in [7, 11) is 0. The predicted molar refractivity (Wildman–Crippen MR) is 114 cm³/mol. The van der Waals surface area contributed by atoms with Gasteiger partial charge in [0.05, 0.1) is 4.91 Å². The molecule has 1 saturated heterocycles. The van der Waals surface area contributed by atoms with Crippen LogP contribution in [0.3, 0.4) is 0 Å². The number of amides is 1. The summed E-state index contributed by atoms with van der Waals surface area (Å²) in [5.41, 5.74) is 2.35. The molecular formula is C21H27NO2S2. The van der Waals surface area contributed by atoms with Crippen molar-refractivity contribution in [3.63, 3.8) is 0 Å². The van der Waals surface area contributed by atoms with Crippen LogP contribution in [0.1, 0.15) is 71.1 Å². The second-order valence-corrected chi connectivity index (χ2v) is 10.9. The fourth-order valence-corrected chi connectivity index (χ4v) is 4.56. The highest BCUT2D eigenvalue weighted by molar-refractivity contribution is 8.26. The number of carbonyl (C=O) groups is 1. The molecular weight excluding hydrogens is 362 g/mol. The number of thiocarbonyl (C=S) groups is 1. The SMILES string of the molecule is CC(C)(C)c1cc(C=C2SC(=S)N(C3CC3)C2=O)cc(C(C)(C)C)c1O. The van der Waals surface area contributed by atoms with Gasteiger partial charge in [0, 0.05) is 17.2 Å². The van der Waals surface area contributed by atoms with Gasteiger partial charge in [-0.25, -0.2) is 0 Å². The summed E-state index contributed by atoms with van der Waals surface area (Å²) in [4.78, 5) is 15.2. The first kappa shape index (κ1) is 19.4. The Morgan fingerprint density at radius 3 is 2.04 bits per heavy atom. The zero-order valence-corrected chi connectivity index (χ0v) is 18.0. The molecule has 1 aromatic rings. The van der Waals surface area contributed by atoms with E-state index in [0.717, 1.165) is 29.5 Å². The third-order valence-electron chi connectivity index (χ3n) is 4.78. The number of rotatable bonds is 2. The van der Waals surface area contributed by atoms with Gasteiger partial charge in [-0.2, -0.15) is 0 Å². The minimum absolute atomic E-state index is 0.0187. The maximum Gasteiger partial charge on any atom is 0.266 e. The molecule has 1 amide bonds. The Morgan fingerprint density at radius 2 is 1.62 bits per heavy atom. The van der Waals surface area contributed by atoms with E-state index in [0.29, 0.717) is 21.0 Å². The van der Waals surface area contributed by atoms with E-state index in [2.05, 4.69) is 41.5 Å². The standard InChI is InChI=1S/C21H27NO2S2/c1-20(2,3)14-9-12(10-15(17(14)23)21(4,5)6)11-16-18(24)22(13-7-8-13)19(25)26-16/h9-11,13,23H,7-8H2,1-6H3. The molecule has 3 nitrogen and oxygen atoms in total. The van der Waals surface area contributed by atoms with Crippen molar-refractivity contribution in [1.82, 2.24) is 4.90 Å². The van der Waals surface area contributed by atoms with Gasteiger partial charge in [-0.15, -0.1) is 0 Å². The van der Waals surface area contributed by atoms with Gasteiger partial charge in [-0.05, 0) is 47.4 Å². The first-order chi connectivity index (χ1) is 11.9. The highest BCUT2D eigenvalue weighted by Crippen LogP contribution is 2.43. The summed E-state index contributed by atoms with van der Waals surface area (Å²) in [5, 5.41) is 10.8. The van der Waals surface area contributed by atoms with E-state index in [1.54, 1.807) is 4.90 Å². The largest absolute Gasteiger partial charge is 0.507 e. The molecule has 5 heteroatoms. The molecule has 1 aliphatic heterocycles. The van der Waals surface area contributed by atoms with Crippen molar-refractivity contribution < 1.29 is 9.90 Å². The molecule has 1 aromatic carbocycles. The quantitative estimate of drug-likeness (QED) is 0.547. The monoisotopic (exact) mass is 389 g/mol. The fraction of sp³-hybridized carbons (Fsp3) is 0.524. The third-order valence-corrected chi connectivity index (χ3v) is 6.11. The van der Waals surface area contributed by atoms with Gasteiger partial charge < -0.3 is 5.11 Å². The molecule has 0 atom stereocenters. The Bertz CT molecular complexity index is 773. The average molecular weight is 390 g/mol.